The van der Waals surface area contributed by atoms with Gasteiger partial charge in [0.25, 0.3) is 5.91 Å². The molecule has 2 heterocycles. The fourth-order valence-corrected chi connectivity index (χ4v) is 2.52. The molecule has 0 spiro atoms. The van der Waals surface area contributed by atoms with Crippen molar-refractivity contribution in [1.29, 1.82) is 0 Å². The van der Waals surface area contributed by atoms with Crippen LogP contribution in [0.1, 0.15) is 34.1 Å². The number of aromatic nitrogens is 3. The standard InChI is InChI=1S/C17H18N4O2/c1-12-15(16-18-9-5-11-21(16)20-12)17(23)19-10-8-14(22)13-6-3-2-4-7-13/h2-7,9,11,14,22H,8,10H2,1H3,(H,19,23). The highest BCUT2D eigenvalue weighted by atomic mass is 16.3. The lowest BCUT2D eigenvalue weighted by Crippen LogP contribution is -2.26. The van der Waals surface area contributed by atoms with Gasteiger partial charge >= 0.3 is 0 Å². The molecular weight excluding hydrogens is 292 g/mol. The molecule has 0 aliphatic rings. The number of fused-ring (bicyclic) bond motifs is 1. The van der Waals surface area contributed by atoms with Crippen LogP contribution in [0.5, 0.6) is 0 Å². The van der Waals surface area contributed by atoms with Gasteiger partial charge in [-0.15, -0.1) is 0 Å². The van der Waals surface area contributed by atoms with E-state index in [4.69, 9.17) is 0 Å². The molecule has 0 aliphatic carbocycles. The maximum Gasteiger partial charge on any atom is 0.257 e. The van der Waals surface area contributed by atoms with E-state index in [-0.39, 0.29) is 5.91 Å². The molecule has 1 unspecified atom stereocenters. The Morgan fingerprint density at radius 3 is 2.87 bits per heavy atom. The molecular formula is C17H18N4O2. The van der Waals surface area contributed by atoms with E-state index in [9.17, 15) is 9.90 Å². The summed E-state index contributed by atoms with van der Waals surface area (Å²) in [5.41, 5.74) is 2.48. The van der Waals surface area contributed by atoms with Gasteiger partial charge in [-0.25, -0.2) is 9.50 Å². The van der Waals surface area contributed by atoms with Crippen LogP contribution < -0.4 is 5.32 Å². The maximum atomic E-state index is 12.4. The highest BCUT2D eigenvalue weighted by molar-refractivity contribution is 6.00. The second kappa shape index (κ2) is 6.58. The number of rotatable bonds is 5. The minimum atomic E-state index is -0.598. The van der Waals surface area contributed by atoms with E-state index < -0.39 is 6.10 Å². The average Bonchev–Trinajstić information content (AvgIpc) is 2.91. The first kappa shape index (κ1) is 15.2. The highest BCUT2D eigenvalue weighted by Crippen LogP contribution is 2.16. The number of aryl methyl sites for hydroxylation is 1. The fraction of sp³-hybridized carbons (Fsp3) is 0.235. The van der Waals surface area contributed by atoms with Gasteiger partial charge in [-0.1, -0.05) is 30.3 Å². The minimum Gasteiger partial charge on any atom is -0.388 e. The van der Waals surface area contributed by atoms with Gasteiger partial charge in [-0.05, 0) is 25.0 Å². The van der Waals surface area contributed by atoms with Crippen LogP contribution in [0.4, 0.5) is 0 Å². The number of hydrogen-bond acceptors (Lipinski definition) is 4. The van der Waals surface area contributed by atoms with E-state index in [1.54, 1.807) is 29.9 Å². The molecule has 0 fully saturated rings. The van der Waals surface area contributed by atoms with Crippen LogP contribution in [0.2, 0.25) is 0 Å². The molecule has 1 aromatic carbocycles. The molecule has 0 radical (unpaired) electrons. The van der Waals surface area contributed by atoms with Gasteiger partial charge in [0.1, 0.15) is 5.56 Å². The normalized spacial score (nSPS) is 12.3. The van der Waals surface area contributed by atoms with Crippen LogP contribution in [0, 0.1) is 6.92 Å². The van der Waals surface area contributed by atoms with Crippen molar-refractivity contribution in [2.24, 2.45) is 0 Å². The molecule has 1 atom stereocenters. The molecule has 6 nitrogen and oxygen atoms in total. The van der Waals surface area contributed by atoms with Crippen LogP contribution in [-0.2, 0) is 0 Å². The van der Waals surface area contributed by atoms with Crippen molar-refractivity contribution >= 4 is 11.6 Å². The van der Waals surface area contributed by atoms with Crippen molar-refractivity contribution in [3.05, 3.63) is 65.6 Å². The van der Waals surface area contributed by atoms with Crippen LogP contribution in [0.3, 0.4) is 0 Å². The number of benzene rings is 1. The number of aliphatic hydroxyl groups is 1. The number of carbonyl (C=O) groups is 1. The van der Waals surface area contributed by atoms with Crippen LogP contribution in [-0.4, -0.2) is 32.2 Å². The first-order valence-electron chi connectivity index (χ1n) is 7.48. The summed E-state index contributed by atoms with van der Waals surface area (Å²) in [5.74, 6) is -0.225. The number of aliphatic hydroxyl groups excluding tert-OH is 1. The largest absolute Gasteiger partial charge is 0.388 e. The van der Waals surface area contributed by atoms with Gasteiger partial charge in [0, 0.05) is 18.9 Å². The Morgan fingerprint density at radius 1 is 1.30 bits per heavy atom. The summed E-state index contributed by atoms with van der Waals surface area (Å²) in [5, 5.41) is 17.2. The summed E-state index contributed by atoms with van der Waals surface area (Å²) in [6, 6.07) is 11.2. The fourth-order valence-electron chi connectivity index (χ4n) is 2.52. The smallest absolute Gasteiger partial charge is 0.257 e. The first-order valence-corrected chi connectivity index (χ1v) is 7.48. The summed E-state index contributed by atoms with van der Waals surface area (Å²) in [6.07, 6.45) is 3.23. The van der Waals surface area contributed by atoms with Crippen molar-refractivity contribution in [3.8, 4) is 0 Å². The molecule has 0 saturated carbocycles. The zero-order chi connectivity index (χ0) is 16.2. The zero-order valence-electron chi connectivity index (χ0n) is 12.8. The van der Waals surface area contributed by atoms with E-state index in [1.165, 1.54) is 0 Å². The first-order chi connectivity index (χ1) is 11.2. The van der Waals surface area contributed by atoms with Crippen molar-refractivity contribution < 1.29 is 9.90 Å². The third-order valence-corrected chi connectivity index (χ3v) is 3.69. The van der Waals surface area contributed by atoms with Crippen molar-refractivity contribution in [2.75, 3.05) is 6.54 Å². The molecule has 6 heteroatoms. The van der Waals surface area contributed by atoms with Crippen LogP contribution in [0.15, 0.2) is 48.8 Å². The minimum absolute atomic E-state index is 0.225. The summed E-state index contributed by atoms with van der Waals surface area (Å²) in [4.78, 5) is 16.6. The van der Waals surface area contributed by atoms with E-state index in [2.05, 4.69) is 15.4 Å². The lowest BCUT2D eigenvalue weighted by atomic mass is 10.1. The molecule has 2 N–H and O–H groups in total. The Balaban J connectivity index is 1.64. The summed E-state index contributed by atoms with van der Waals surface area (Å²) in [6.45, 7) is 2.15. The Hall–Kier alpha value is -2.73. The lowest BCUT2D eigenvalue weighted by Gasteiger charge is -2.11. The van der Waals surface area contributed by atoms with Gasteiger partial charge in [0.2, 0.25) is 0 Å². The zero-order valence-corrected chi connectivity index (χ0v) is 12.8. The quantitative estimate of drug-likeness (QED) is 0.754. The molecule has 0 bridgehead atoms. The molecule has 3 aromatic rings. The monoisotopic (exact) mass is 310 g/mol. The lowest BCUT2D eigenvalue weighted by molar-refractivity contribution is 0.0943. The molecule has 0 saturated heterocycles. The summed E-state index contributed by atoms with van der Waals surface area (Å²) >= 11 is 0. The number of amides is 1. The highest BCUT2D eigenvalue weighted by Gasteiger charge is 2.18. The second-order valence-corrected chi connectivity index (χ2v) is 5.32. The van der Waals surface area contributed by atoms with E-state index in [1.807, 2.05) is 30.3 Å². The third kappa shape index (κ3) is 3.22. The van der Waals surface area contributed by atoms with Crippen LogP contribution >= 0.6 is 0 Å². The Kier molecular flexibility index (Phi) is 4.34. The third-order valence-electron chi connectivity index (χ3n) is 3.69. The molecule has 2 aromatic heterocycles. The number of carbonyl (C=O) groups excluding carboxylic acids is 1. The Morgan fingerprint density at radius 2 is 2.09 bits per heavy atom. The molecule has 3 rings (SSSR count). The molecule has 118 valence electrons. The summed E-state index contributed by atoms with van der Waals surface area (Å²) < 4.78 is 1.59. The van der Waals surface area contributed by atoms with Gasteiger partial charge in [-0.3, -0.25) is 4.79 Å². The number of hydrogen-bond donors (Lipinski definition) is 2. The van der Waals surface area contributed by atoms with Crippen LogP contribution in [0.25, 0.3) is 5.65 Å². The predicted molar refractivity (Wildman–Crippen MR) is 86.1 cm³/mol. The molecule has 1 amide bonds. The SMILES string of the molecule is Cc1nn2cccnc2c1C(=O)NCCC(O)c1ccccc1. The topological polar surface area (TPSA) is 79.5 Å². The Bertz CT molecular complexity index is 814. The van der Waals surface area contributed by atoms with Gasteiger partial charge < -0.3 is 10.4 Å². The maximum absolute atomic E-state index is 12.4. The van der Waals surface area contributed by atoms with Gasteiger partial charge in [-0.2, -0.15) is 5.10 Å². The average molecular weight is 310 g/mol. The van der Waals surface area contributed by atoms with Crippen molar-refractivity contribution in [2.45, 2.75) is 19.4 Å². The number of nitrogens with one attached hydrogen (secondary N) is 1. The summed E-state index contributed by atoms with van der Waals surface area (Å²) in [7, 11) is 0. The van der Waals surface area contributed by atoms with Crippen molar-refractivity contribution in [1.82, 2.24) is 19.9 Å². The van der Waals surface area contributed by atoms with Gasteiger partial charge in [0.15, 0.2) is 5.65 Å². The number of nitrogens with zero attached hydrogens (tertiary/aromatic N) is 3. The van der Waals surface area contributed by atoms with E-state index in [0.29, 0.717) is 29.9 Å². The Labute approximate surface area is 133 Å². The predicted octanol–water partition coefficient (Wildman–Crippen LogP) is 1.89. The molecule has 0 aliphatic heterocycles. The second-order valence-electron chi connectivity index (χ2n) is 5.32. The van der Waals surface area contributed by atoms with Gasteiger partial charge in [0.05, 0.1) is 11.8 Å². The van der Waals surface area contributed by atoms with E-state index in [0.717, 1.165) is 5.56 Å². The van der Waals surface area contributed by atoms with Crippen molar-refractivity contribution in [3.63, 3.8) is 0 Å². The molecule has 23 heavy (non-hydrogen) atoms. The van der Waals surface area contributed by atoms with E-state index >= 15 is 0 Å².